The van der Waals surface area contributed by atoms with Gasteiger partial charge in [-0.3, -0.25) is 9.36 Å². The van der Waals surface area contributed by atoms with Crippen LogP contribution in [0, 0.1) is 0 Å². The second-order valence-corrected chi connectivity index (χ2v) is 5.54. The third kappa shape index (κ3) is 2.59. The molecule has 4 heteroatoms. The van der Waals surface area contributed by atoms with Crippen LogP contribution in [0.2, 0.25) is 0 Å². The number of aromatic nitrogens is 2. The third-order valence-electron chi connectivity index (χ3n) is 3.78. The first kappa shape index (κ1) is 15.0. The molecule has 0 spiro atoms. The minimum absolute atomic E-state index is 0.0263. The van der Waals surface area contributed by atoms with Crippen molar-refractivity contribution in [3.8, 4) is 0 Å². The van der Waals surface area contributed by atoms with Crippen molar-refractivity contribution in [2.45, 2.75) is 51.5 Å². The molecule has 2 aromatic rings. The topological polar surface area (TPSA) is 34.9 Å². The fourth-order valence-electron chi connectivity index (χ4n) is 2.57. The minimum atomic E-state index is -0.229. The van der Waals surface area contributed by atoms with Gasteiger partial charge in [-0.25, -0.2) is 4.98 Å². The molecule has 1 unspecified atom stereocenters. The molecule has 1 aromatic heterocycles. The molecule has 0 saturated heterocycles. The molecule has 0 bridgehead atoms. The summed E-state index contributed by atoms with van der Waals surface area (Å²) in [7, 11) is 0. The van der Waals surface area contributed by atoms with Gasteiger partial charge < -0.3 is 0 Å². The Morgan fingerprint density at radius 1 is 1.15 bits per heavy atom. The van der Waals surface area contributed by atoms with Crippen LogP contribution >= 0.6 is 11.6 Å². The lowest BCUT2D eigenvalue weighted by Gasteiger charge is -2.22. The van der Waals surface area contributed by atoms with E-state index in [0.717, 1.165) is 24.8 Å². The Labute approximate surface area is 124 Å². The Balaban J connectivity index is 2.80. The Kier molecular flexibility index (Phi) is 4.81. The number of hydrogen-bond donors (Lipinski definition) is 0. The quantitative estimate of drug-likeness (QED) is 0.763. The highest BCUT2D eigenvalue weighted by Gasteiger charge is 2.20. The largest absolute Gasteiger partial charge is 0.292 e. The summed E-state index contributed by atoms with van der Waals surface area (Å²) in [5, 5.41) is 0.441. The maximum Gasteiger partial charge on any atom is 0.261 e. The van der Waals surface area contributed by atoms with Gasteiger partial charge in [-0.1, -0.05) is 32.9 Å². The molecule has 1 aromatic carbocycles. The van der Waals surface area contributed by atoms with Crippen LogP contribution < -0.4 is 5.56 Å². The van der Waals surface area contributed by atoms with Crippen molar-refractivity contribution in [1.29, 1.82) is 0 Å². The molecule has 3 nitrogen and oxygen atoms in total. The third-order valence-corrected chi connectivity index (χ3v) is 4.29. The summed E-state index contributed by atoms with van der Waals surface area (Å²) in [6.45, 7) is 6.19. The van der Waals surface area contributed by atoms with Gasteiger partial charge >= 0.3 is 0 Å². The van der Waals surface area contributed by atoms with Crippen LogP contribution in [0.4, 0.5) is 0 Å². The molecule has 0 aliphatic carbocycles. The van der Waals surface area contributed by atoms with E-state index < -0.39 is 0 Å². The first-order valence-corrected chi connectivity index (χ1v) is 7.72. The Morgan fingerprint density at radius 3 is 2.40 bits per heavy atom. The van der Waals surface area contributed by atoms with Gasteiger partial charge in [0.15, 0.2) is 0 Å². The lowest BCUT2D eigenvalue weighted by molar-refractivity contribution is 0.434. The molecule has 108 valence electrons. The number of rotatable bonds is 5. The molecule has 0 amide bonds. The van der Waals surface area contributed by atoms with Crippen molar-refractivity contribution in [2.24, 2.45) is 0 Å². The summed E-state index contributed by atoms with van der Waals surface area (Å²) >= 11 is 6.40. The molecule has 0 aliphatic rings. The van der Waals surface area contributed by atoms with Crippen LogP contribution in [0.5, 0.6) is 0 Å². The molecular weight excluding hydrogens is 272 g/mol. The van der Waals surface area contributed by atoms with Crippen molar-refractivity contribution in [1.82, 2.24) is 9.55 Å². The predicted octanol–water partition coefficient (Wildman–Crippen LogP) is 4.45. The maximum atomic E-state index is 12.8. The number of benzene rings is 1. The minimum Gasteiger partial charge on any atom is -0.292 e. The standard InChI is InChI=1S/C16H21ClN2O/c1-4-11(5-2)19-15(13(17)6-3)18-14-10-8-7-9-12(14)16(19)20/h7-11,13H,4-6H2,1-3H3. The van der Waals surface area contributed by atoms with Gasteiger partial charge in [0.1, 0.15) is 5.82 Å². The monoisotopic (exact) mass is 292 g/mol. The van der Waals surface area contributed by atoms with E-state index in [-0.39, 0.29) is 17.0 Å². The summed E-state index contributed by atoms with van der Waals surface area (Å²) in [5.74, 6) is 0.701. The fraction of sp³-hybridized carbons (Fsp3) is 0.500. The maximum absolute atomic E-state index is 12.8. The summed E-state index contributed by atoms with van der Waals surface area (Å²) in [6, 6.07) is 7.64. The molecule has 1 heterocycles. The average molecular weight is 293 g/mol. The second-order valence-electron chi connectivity index (χ2n) is 5.01. The van der Waals surface area contributed by atoms with E-state index in [4.69, 9.17) is 11.6 Å². The number of nitrogens with zero attached hydrogens (tertiary/aromatic N) is 2. The summed E-state index contributed by atoms with van der Waals surface area (Å²) in [4.78, 5) is 17.4. The molecule has 0 radical (unpaired) electrons. The zero-order chi connectivity index (χ0) is 14.7. The lowest BCUT2D eigenvalue weighted by atomic mass is 10.1. The highest BCUT2D eigenvalue weighted by molar-refractivity contribution is 6.20. The van der Waals surface area contributed by atoms with E-state index in [1.807, 2.05) is 35.8 Å². The Bertz CT molecular complexity index is 646. The molecule has 0 N–H and O–H groups in total. The number of fused-ring (bicyclic) bond motifs is 1. The smallest absolute Gasteiger partial charge is 0.261 e. The van der Waals surface area contributed by atoms with Crippen LogP contribution in [0.15, 0.2) is 29.1 Å². The van der Waals surface area contributed by atoms with Gasteiger partial charge in [-0.15, -0.1) is 11.6 Å². The zero-order valence-electron chi connectivity index (χ0n) is 12.3. The van der Waals surface area contributed by atoms with Gasteiger partial charge in [0.2, 0.25) is 0 Å². The number of hydrogen-bond acceptors (Lipinski definition) is 2. The SMILES string of the molecule is CCC(Cl)c1nc2ccccc2c(=O)n1C(CC)CC. The van der Waals surface area contributed by atoms with Crippen molar-refractivity contribution in [3.05, 3.63) is 40.4 Å². The normalized spacial score (nSPS) is 13.1. The zero-order valence-corrected chi connectivity index (χ0v) is 13.0. The van der Waals surface area contributed by atoms with Crippen molar-refractivity contribution < 1.29 is 0 Å². The van der Waals surface area contributed by atoms with Gasteiger partial charge in [0.05, 0.1) is 16.3 Å². The fourth-order valence-corrected chi connectivity index (χ4v) is 2.73. The van der Waals surface area contributed by atoms with Crippen LogP contribution in [-0.2, 0) is 0 Å². The van der Waals surface area contributed by atoms with Gasteiger partial charge in [-0.05, 0) is 31.4 Å². The van der Waals surface area contributed by atoms with E-state index in [1.165, 1.54) is 0 Å². The Hall–Kier alpha value is -1.35. The summed E-state index contributed by atoms with van der Waals surface area (Å²) in [6.07, 6.45) is 2.56. The van der Waals surface area contributed by atoms with Crippen molar-refractivity contribution >= 4 is 22.5 Å². The van der Waals surface area contributed by atoms with Crippen molar-refractivity contribution in [3.63, 3.8) is 0 Å². The van der Waals surface area contributed by atoms with Crippen LogP contribution in [0.25, 0.3) is 10.9 Å². The van der Waals surface area contributed by atoms with Crippen LogP contribution in [0.3, 0.4) is 0 Å². The van der Waals surface area contributed by atoms with Crippen LogP contribution in [0.1, 0.15) is 57.3 Å². The highest BCUT2D eigenvalue weighted by Crippen LogP contribution is 2.27. The van der Waals surface area contributed by atoms with Gasteiger partial charge in [-0.2, -0.15) is 0 Å². The molecule has 0 saturated carbocycles. The van der Waals surface area contributed by atoms with Crippen molar-refractivity contribution in [2.75, 3.05) is 0 Å². The summed E-state index contributed by atoms with van der Waals surface area (Å²) in [5.41, 5.74) is 0.757. The van der Waals surface area contributed by atoms with E-state index in [0.29, 0.717) is 11.2 Å². The van der Waals surface area contributed by atoms with E-state index >= 15 is 0 Å². The van der Waals surface area contributed by atoms with Gasteiger partial charge in [0.25, 0.3) is 5.56 Å². The lowest BCUT2D eigenvalue weighted by Crippen LogP contribution is -2.29. The average Bonchev–Trinajstić information content (AvgIpc) is 2.49. The molecule has 1 atom stereocenters. The number of para-hydroxylation sites is 1. The molecule has 2 rings (SSSR count). The molecule has 0 aliphatic heterocycles. The molecular formula is C16H21ClN2O. The molecule has 0 fully saturated rings. The first-order chi connectivity index (χ1) is 9.63. The number of alkyl halides is 1. The van der Waals surface area contributed by atoms with E-state index in [9.17, 15) is 4.79 Å². The number of halogens is 1. The summed E-state index contributed by atoms with van der Waals surface area (Å²) < 4.78 is 1.81. The second kappa shape index (κ2) is 6.40. The van der Waals surface area contributed by atoms with Gasteiger partial charge in [0, 0.05) is 6.04 Å². The van der Waals surface area contributed by atoms with Crippen LogP contribution in [-0.4, -0.2) is 9.55 Å². The predicted molar refractivity (Wildman–Crippen MR) is 84.5 cm³/mol. The highest BCUT2D eigenvalue weighted by atomic mass is 35.5. The van der Waals surface area contributed by atoms with E-state index in [2.05, 4.69) is 18.8 Å². The first-order valence-electron chi connectivity index (χ1n) is 7.29. The molecule has 20 heavy (non-hydrogen) atoms. The van der Waals surface area contributed by atoms with E-state index in [1.54, 1.807) is 0 Å². The Morgan fingerprint density at radius 2 is 1.80 bits per heavy atom.